The van der Waals surface area contributed by atoms with E-state index in [1.54, 1.807) is 6.26 Å². The average Bonchev–Trinajstić information content (AvgIpc) is 2.99. The lowest BCUT2D eigenvalue weighted by Crippen LogP contribution is -2.42. The van der Waals surface area contributed by atoms with Crippen molar-refractivity contribution in [2.24, 2.45) is 11.7 Å². The van der Waals surface area contributed by atoms with E-state index in [0.29, 0.717) is 23.9 Å². The van der Waals surface area contributed by atoms with Crippen LogP contribution in [0.1, 0.15) is 28.2 Å². The number of nitrogens with zero attached hydrogens (tertiary/aromatic N) is 1. The van der Waals surface area contributed by atoms with Crippen LogP contribution in [0.3, 0.4) is 0 Å². The fraction of sp³-hybridized carbons (Fsp3) is 0.429. The minimum Gasteiger partial charge on any atom is -0.462 e. The minimum atomic E-state index is -0.140. The van der Waals surface area contributed by atoms with Gasteiger partial charge in [0.15, 0.2) is 10.8 Å². The minimum absolute atomic E-state index is 0.0654. The smallest absolute Gasteiger partial charge is 0.271 e. The maximum Gasteiger partial charge on any atom is 0.271 e. The number of hydrogen-bond donors (Lipinski definition) is 2. The van der Waals surface area contributed by atoms with Crippen molar-refractivity contribution in [3.05, 3.63) is 29.0 Å². The summed E-state index contributed by atoms with van der Waals surface area (Å²) in [6, 6.07) is 3.71. The molecule has 20 heavy (non-hydrogen) atoms. The quantitative estimate of drug-likeness (QED) is 0.884. The summed E-state index contributed by atoms with van der Waals surface area (Å²) in [5, 5.41) is 3.72. The Morgan fingerprint density at radius 1 is 1.65 bits per heavy atom. The highest BCUT2D eigenvalue weighted by Crippen LogP contribution is 2.33. The van der Waals surface area contributed by atoms with Crippen LogP contribution in [0.5, 0.6) is 0 Å². The van der Waals surface area contributed by atoms with Crippen molar-refractivity contribution in [3.8, 4) is 10.8 Å². The lowest BCUT2D eigenvalue weighted by molar-refractivity contribution is 0.0928. The Hall–Kier alpha value is -1.66. The Morgan fingerprint density at radius 2 is 2.45 bits per heavy atom. The highest BCUT2D eigenvalue weighted by atomic mass is 32.1. The first-order valence-electron chi connectivity index (χ1n) is 6.71. The first kappa shape index (κ1) is 13.3. The number of nitrogens with two attached hydrogens (primary N) is 1. The van der Waals surface area contributed by atoms with Gasteiger partial charge in [-0.3, -0.25) is 4.79 Å². The number of aryl methyl sites for hydroxylation is 1. The molecule has 0 aliphatic heterocycles. The van der Waals surface area contributed by atoms with Gasteiger partial charge in [-0.15, -0.1) is 11.3 Å². The van der Waals surface area contributed by atoms with Crippen LogP contribution in [0.4, 0.5) is 0 Å². The molecule has 3 N–H and O–H groups in total. The van der Waals surface area contributed by atoms with E-state index in [2.05, 4.69) is 10.3 Å². The Labute approximate surface area is 121 Å². The maximum absolute atomic E-state index is 12.3. The van der Waals surface area contributed by atoms with E-state index in [4.69, 9.17) is 10.2 Å². The lowest BCUT2D eigenvalue weighted by atomic mass is 10.2. The standard InChI is InChI=1S/C14H17N3O2S/c1-8-12(13(18)16-10(7-15)9-4-5-9)17-14(20-8)11-3-2-6-19-11/h2-3,6,9-10H,4-5,7,15H2,1H3,(H,16,18). The third-order valence-electron chi connectivity index (χ3n) is 3.51. The van der Waals surface area contributed by atoms with Gasteiger partial charge in [0.2, 0.25) is 0 Å². The summed E-state index contributed by atoms with van der Waals surface area (Å²) >= 11 is 1.46. The van der Waals surface area contributed by atoms with Gasteiger partial charge in [-0.2, -0.15) is 0 Å². The van der Waals surface area contributed by atoms with E-state index in [9.17, 15) is 4.79 Å². The lowest BCUT2D eigenvalue weighted by Gasteiger charge is -2.15. The molecule has 6 heteroatoms. The second kappa shape index (κ2) is 5.38. The van der Waals surface area contributed by atoms with E-state index in [-0.39, 0.29) is 11.9 Å². The van der Waals surface area contributed by atoms with Crippen molar-refractivity contribution >= 4 is 17.2 Å². The van der Waals surface area contributed by atoms with Crippen LogP contribution in [0.15, 0.2) is 22.8 Å². The molecule has 1 amide bonds. The molecular weight excluding hydrogens is 274 g/mol. The number of hydrogen-bond acceptors (Lipinski definition) is 5. The Morgan fingerprint density at radius 3 is 3.05 bits per heavy atom. The second-order valence-electron chi connectivity index (χ2n) is 5.05. The Kier molecular flexibility index (Phi) is 3.58. The van der Waals surface area contributed by atoms with Gasteiger partial charge < -0.3 is 15.5 Å². The number of amides is 1. The second-order valence-corrected chi connectivity index (χ2v) is 6.26. The number of thiazole rings is 1. The molecule has 1 fully saturated rings. The van der Waals surface area contributed by atoms with Gasteiger partial charge >= 0.3 is 0 Å². The zero-order valence-electron chi connectivity index (χ0n) is 11.3. The molecule has 0 aromatic carbocycles. The van der Waals surface area contributed by atoms with E-state index in [1.807, 2.05) is 19.1 Å². The highest BCUT2D eigenvalue weighted by Gasteiger charge is 2.32. The summed E-state index contributed by atoms with van der Waals surface area (Å²) < 4.78 is 5.31. The van der Waals surface area contributed by atoms with Crippen LogP contribution >= 0.6 is 11.3 Å². The summed E-state index contributed by atoms with van der Waals surface area (Å²) in [5.74, 6) is 1.08. The summed E-state index contributed by atoms with van der Waals surface area (Å²) in [5.41, 5.74) is 6.19. The first-order chi connectivity index (χ1) is 9.69. The molecule has 2 aromatic rings. The number of carbonyl (C=O) groups excluding carboxylic acids is 1. The predicted octanol–water partition coefficient (Wildman–Crippen LogP) is 2.18. The van der Waals surface area contributed by atoms with E-state index in [0.717, 1.165) is 22.7 Å². The number of aromatic nitrogens is 1. The molecule has 0 bridgehead atoms. The molecule has 0 radical (unpaired) electrons. The van der Waals surface area contributed by atoms with E-state index >= 15 is 0 Å². The van der Waals surface area contributed by atoms with Crippen LogP contribution in [-0.4, -0.2) is 23.5 Å². The third-order valence-corrected chi connectivity index (χ3v) is 4.49. The molecule has 1 aliphatic carbocycles. The van der Waals surface area contributed by atoms with Crippen molar-refractivity contribution in [1.29, 1.82) is 0 Å². The number of nitrogens with one attached hydrogen (secondary N) is 1. The summed E-state index contributed by atoms with van der Waals surface area (Å²) in [7, 11) is 0. The zero-order valence-corrected chi connectivity index (χ0v) is 12.1. The SMILES string of the molecule is Cc1sc(-c2ccco2)nc1C(=O)NC(CN)C1CC1. The van der Waals surface area contributed by atoms with Crippen molar-refractivity contribution < 1.29 is 9.21 Å². The summed E-state index contributed by atoms with van der Waals surface area (Å²) in [6.45, 7) is 2.37. The van der Waals surface area contributed by atoms with E-state index in [1.165, 1.54) is 11.3 Å². The van der Waals surface area contributed by atoms with E-state index < -0.39 is 0 Å². The number of furan rings is 1. The van der Waals surface area contributed by atoms with Gasteiger partial charge in [-0.1, -0.05) is 0 Å². The summed E-state index contributed by atoms with van der Waals surface area (Å²) in [6.07, 6.45) is 3.90. The van der Waals surface area contributed by atoms with Gasteiger partial charge in [0.1, 0.15) is 5.69 Å². The molecule has 2 aromatic heterocycles. The molecule has 2 heterocycles. The number of rotatable bonds is 5. The predicted molar refractivity (Wildman–Crippen MR) is 77.6 cm³/mol. The van der Waals surface area contributed by atoms with Crippen molar-refractivity contribution in [2.75, 3.05) is 6.54 Å². The Balaban J connectivity index is 1.77. The van der Waals surface area contributed by atoms with Crippen molar-refractivity contribution in [2.45, 2.75) is 25.8 Å². The fourth-order valence-corrected chi connectivity index (χ4v) is 3.10. The summed E-state index contributed by atoms with van der Waals surface area (Å²) in [4.78, 5) is 17.6. The largest absolute Gasteiger partial charge is 0.462 e. The molecule has 5 nitrogen and oxygen atoms in total. The Bertz CT molecular complexity index is 602. The maximum atomic E-state index is 12.3. The molecule has 106 valence electrons. The van der Waals surface area contributed by atoms with Crippen LogP contribution in [-0.2, 0) is 0 Å². The van der Waals surface area contributed by atoms with Gasteiger partial charge in [0.05, 0.1) is 6.26 Å². The topological polar surface area (TPSA) is 81.2 Å². The molecule has 1 unspecified atom stereocenters. The molecule has 0 spiro atoms. The van der Waals surface area contributed by atoms with Gasteiger partial charge in [-0.05, 0) is 37.8 Å². The average molecular weight is 291 g/mol. The van der Waals surface area contributed by atoms with Crippen molar-refractivity contribution in [1.82, 2.24) is 10.3 Å². The normalized spacial score (nSPS) is 16.1. The molecule has 1 aliphatic rings. The third kappa shape index (κ3) is 2.62. The van der Waals surface area contributed by atoms with Crippen LogP contribution in [0.2, 0.25) is 0 Å². The highest BCUT2D eigenvalue weighted by molar-refractivity contribution is 7.15. The fourth-order valence-electron chi connectivity index (χ4n) is 2.22. The zero-order chi connectivity index (χ0) is 14.1. The van der Waals surface area contributed by atoms with Crippen LogP contribution in [0, 0.1) is 12.8 Å². The van der Waals surface area contributed by atoms with Gasteiger partial charge in [0, 0.05) is 17.5 Å². The first-order valence-corrected chi connectivity index (χ1v) is 7.53. The van der Waals surface area contributed by atoms with Gasteiger partial charge in [0.25, 0.3) is 5.91 Å². The molecule has 1 atom stereocenters. The van der Waals surface area contributed by atoms with Crippen LogP contribution in [0.25, 0.3) is 10.8 Å². The molecule has 3 rings (SSSR count). The molecular formula is C14H17N3O2S. The monoisotopic (exact) mass is 291 g/mol. The molecule has 0 saturated heterocycles. The number of carbonyl (C=O) groups is 1. The van der Waals surface area contributed by atoms with Gasteiger partial charge in [-0.25, -0.2) is 4.98 Å². The van der Waals surface area contributed by atoms with Crippen molar-refractivity contribution in [3.63, 3.8) is 0 Å². The molecule has 1 saturated carbocycles. The van der Waals surface area contributed by atoms with Crippen LogP contribution < -0.4 is 11.1 Å².